The largest absolute Gasteiger partial charge is 0.481 e. The molecule has 6 heteroatoms. The summed E-state index contributed by atoms with van der Waals surface area (Å²) in [7, 11) is 1.34. The van der Waals surface area contributed by atoms with Crippen LogP contribution < -0.4 is 0 Å². The van der Waals surface area contributed by atoms with Crippen LogP contribution in [-0.4, -0.2) is 36.5 Å². The number of unbranched alkanes of at least 4 members (excludes halogenated alkanes) is 2. The number of carboxylic acids is 1. The number of hydrogen-bond donors (Lipinski definition) is 1. The van der Waals surface area contributed by atoms with Crippen molar-refractivity contribution in [3.8, 4) is 0 Å². The van der Waals surface area contributed by atoms with E-state index in [-0.39, 0.29) is 6.42 Å². The second-order valence-electron chi connectivity index (χ2n) is 4.79. The van der Waals surface area contributed by atoms with Crippen LogP contribution in [0.3, 0.4) is 0 Å². The predicted octanol–water partition coefficient (Wildman–Crippen LogP) is 2.86. The summed E-state index contributed by atoms with van der Waals surface area (Å²) < 4.78 is 4.67. The van der Waals surface area contributed by atoms with E-state index in [0.717, 1.165) is 18.4 Å². The molecule has 0 saturated carbocycles. The van der Waals surface area contributed by atoms with E-state index in [9.17, 15) is 9.59 Å². The SMILES string of the molecule is COC(=O)c1cccc(/C(C)=N/OCCCCCC(=O)O)c1. The highest BCUT2D eigenvalue weighted by Crippen LogP contribution is 2.08. The Labute approximate surface area is 129 Å². The number of hydrogen-bond acceptors (Lipinski definition) is 5. The van der Waals surface area contributed by atoms with Gasteiger partial charge in [-0.25, -0.2) is 4.79 Å². The van der Waals surface area contributed by atoms with Crippen LogP contribution >= 0.6 is 0 Å². The van der Waals surface area contributed by atoms with E-state index < -0.39 is 11.9 Å². The molecule has 0 aliphatic heterocycles. The quantitative estimate of drug-likeness (QED) is 0.328. The highest BCUT2D eigenvalue weighted by molar-refractivity contribution is 6.00. The molecule has 1 aromatic rings. The van der Waals surface area contributed by atoms with E-state index >= 15 is 0 Å². The van der Waals surface area contributed by atoms with Crippen molar-refractivity contribution in [1.29, 1.82) is 0 Å². The molecule has 0 aromatic heterocycles. The smallest absolute Gasteiger partial charge is 0.337 e. The monoisotopic (exact) mass is 307 g/mol. The summed E-state index contributed by atoms with van der Waals surface area (Å²) in [6.07, 6.45) is 2.37. The van der Waals surface area contributed by atoms with Crippen LogP contribution in [0.2, 0.25) is 0 Å². The van der Waals surface area contributed by atoms with Crippen LogP contribution in [0.5, 0.6) is 0 Å². The number of aliphatic carboxylic acids is 1. The minimum Gasteiger partial charge on any atom is -0.481 e. The number of carbonyl (C=O) groups is 2. The lowest BCUT2D eigenvalue weighted by molar-refractivity contribution is -0.137. The minimum absolute atomic E-state index is 0.183. The Kier molecular flexibility index (Phi) is 7.67. The lowest BCUT2D eigenvalue weighted by atomic mass is 10.1. The second kappa shape index (κ2) is 9.55. The van der Waals surface area contributed by atoms with Crippen molar-refractivity contribution in [2.45, 2.75) is 32.6 Å². The van der Waals surface area contributed by atoms with Crippen molar-refractivity contribution in [3.05, 3.63) is 35.4 Å². The van der Waals surface area contributed by atoms with E-state index in [1.165, 1.54) is 7.11 Å². The highest BCUT2D eigenvalue weighted by atomic mass is 16.6. The van der Waals surface area contributed by atoms with Crippen LogP contribution in [-0.2, 0) is 14.4 Å². The molecule has 0 aliphatic rings. The summed E-state index contributed by atoms with van der Waals surface area (Å²) >= 11 is 0. The minimum atomic E-state index is -0.778. The van der Waals surface area contributed by atoms with Gasteiger partial charge in [0.2, 0.25) is 0 Å². The van der Waals surface area contributed by atoms with Gasteiger partial charge in [-0.15, -0.1) is 0 Å². The molecule has 0 aliphatic carbocycles. The number of rotatable bonds is 9. The third kappa shape index (κ3) is 6.39. The van der Waals surface area contributed by atoms with Crippen molar-refractivity contribution in [3.63, 3.8) is 0 Å². The van der Waals surface area contributed by atoms with Gasteiger partial charge in [0.25, 0.3) is 0 Å². The van der Waals surface area contributed by atoms with Gasteiger partial charge >= 0.3 is 11.9 Å². The fraction of sp³-hybridized carbons (Fsp3) is 0.438. The molecule has 0 bridgehead atoms. The lowest BCUT2D eigenvalue weighted by Crippen LogP contribution is -2.04. The number of carboxylic acid groups (broad SMARTS) is 1. The molecule has 22 heavy (non-hydrogen) atoms. The molecule has 0 heterocycles. The molecule has 0 fully saturated rings. The van der Waals surface area contributed by atoms with Gasteiger partial charge in [0, 0.05) is 6.42 Å². The molecule has 120 valence electrons. The van der Waals surface area contributed by atoms with Crippen molar-refractivity contribution in [1.82, 2.24) is 0 Å². The zero-order chi connectivity index (χ0) is 16.4. The highest BCUT2D eigenvalue weighted by Gasteiger charge is 2.07. The number of methoxy groups -OCH3 is 1. The number of oxime groups is 1. The van der Waals surface area contributed by atoms with Gasteiger partial charge in [-0.3, -0.25) is 4.79 Å². The zero-order valence-corrected chi connectivity index (χ0v) is 12.9. The Balaban J connectivity index is 2.42. The number of nitrogens with zero attached hydrogens (tertiary/aromatic N) is 1. The number of esters is 1. The topological polar surface area (TPSA) is 85.2 Å². The van der Waals surface area contributed by atoms with E-state index in [0.29, 0.717) is 24.3 Å². The summed E-state index contributed by atoms with van der Waals surface area (Å²) in [5, 5.41) is 12.5. The molecule has 6 nitrogen and oxygen atoms in total. The number of benzene rings is 1. The molecule has 0 radical (unpaired) electrons. The van der Waals surface area contributed by atoms with Gasteiger partial charge in [0.05, 0.1) is 18.4 Å². The van der Waals surface area contributed by atoms with Gasteiger partial charge in [0.1, 0.15) is 6.61 Å². The third-order valence-electron chi connectivity index (χ3n) is 3.03. The van der Waals surface area contributed by atoms with Crippen molar-refractivity contribution in [2.24, 2.45) is 5.16 Å². The van der Waals surface area contributed by atoms with E-state index in [2.05, 4.69) is 9.89 Å². The normalized spacial score (nSPS) is 11.1. The Hall–Kier alpha value is -2.37. The maximum atomic E-state index is 11.5. The summed E-state index contributed by atoms with van der Waals surface area (Å²) in [5.74, 6) is -1.17. The Morgan fingerprint density at radius 1 is 1.18 bits per heavy atom. The molecular formula is C16H21NO5. The van der Waals surface area contributed by atoms with Gasteiger partial charge in [0.15, 0.2) is 0 Å². The first kappa shape index (κ1) is 17.7. The standard InChI is InChI=1S/C16H21NO5/c1-12(17-22-10-5-3-4-9-15(18)19)13-7-6-8-14(11-13)16(20)21-2/h6-8,11H,3-5,9-10H2,1-2H3,(H,18,19)/b17-12+. The third-order valence-corrected chi connectivity index (χ3v) is 3.03. The number of carbonyl (C=O) groups excluding carboxylic acids is 1. The maximum absolute atomic E-state index is 11.5. The zero-order valence-electron chi connectivity index (χ0n) is 12.9. The molecular weight excluding hydrogens is 286 g/mol. The summed E-state index contributed by atoms with van der Waals surface area (Å²) in [6, 6.07) is 6.96. The first-order chi connectivity index (χ1) is 10.5. The number of ether oxygens (including phenoxy) is 1. The summed E-state index contributed by atoms with van der Waals surface area (Å²) in [5.41, 5.74) is 1.91. The van der Waals surface area contributed by atoms with Crippen molar-refractivity contribution >= 4 is 17.7 Å². The van der Waals surface area contributed by atoms with Crippen LogP contribution in [0.25, 0.3) is 0 Å². The summed E-state index contributed by atoms with van der Waals surface area (Å²) in [4.78, 5) is 27.0. The molecule has 1 rings (SSSR count). The van der Waals surface area contributed by atoms with E-state index in [1.54, 1.807) is 25.1 Å². The van der Waals surface area contributed by atoms with Gasteiger partial charge in [-0.1, -0.05) is 17.3 Å². The molecule has 0 spiro atoms. The first-order valence-electron chi connectivity index (χ1n) is 7.11. The molecule has 0 unspecified atom stereocenters. The molecule has 1 aromatic carbocycles. The Morgan fingerprint density at radius 2 is 1.91 bits per heavy atom. The fourth-order valence-corrected chi connectivity index (χ4v) is 1.80. The lowest BCUT2D eigenvalue weighted by Gasteiger charge is -2.04. The molecule has 0 atom stereocenters. The summed E-state index contributed by atoms with van der Waals surface area (Å²) in [6.45, 7) is 2.23. The Bertz CT molecular complexity index is 539. The van der Waals surface area contributed by atoms with Crippen molar-refractivity contribution in [2.75, 3.05) is 13.7 Å². The molecule has 0 saturated heterocycles. The van der Waals surface area contributed by atoms with Crippen LogP contribution in [0.15, 0.2) is 29.4 Å². The van der Waals surface area contributed by atoms with Crippen molar-refractivity contribution < 1.29 is 24.3 Å². The van der Waals surface area contributed by atoms with Gasteiger partial charge in [-0.2, -0.15) is 0 Å². The molecule has 0 amide bonds. The predicted molar refractivity (Wildman–Crippen MR) is 82.0 cm³/mol. The van der Waals surface area contributed by atoms with Crippen LogP contribution in [0.1, 0.15) is 48.5 Å². The Morgan fingerprint density at radius 3 is 2.59 bits per heavy atom. The van der Waals surface area contributed by atoms with E-state index in [1.807, 2.05) is 6.07 Å². The van der Waals surface area contributed by atoms with E-state index in [4.69, 9.17) is 9.94 Å². The average Bonchev–Trinajstić information content (AvgIpc) is 2.52. The fourth-order valence-electron chi connectivity index (χ4n) is 1.80. The van der Waals surface area contributed by atoms with Gasteiger partial charge in [-0.05, 0) is 43.9 Å². The van der Waals surface area contributed by atoms with Crippen LogP contribution in [0, 0.1) is 0 Å². The molecule has 1 N–H and O–H groups in total. The van der Waals surface area contributed by atoms with Gasteiger partial charge < -0.3 is 14.7 Å². The average molecular weight is 307 g/mol. The maximum Gasteiger partial charge on any atom is 0.337 e. The first-order valence-corrected chi connectivity index (χ1v) is 7.11. The second-order valence-corrected chi connectivity index (χ2v) is 4.79. The van der Waals surface area contributed by atoms with Crippen LogP contribution in [0.4, 0.5) is 0 Å².